The summed E-state index contributed by atoms with van der Waals surface area (Å²) in [5.41, 5.74) is 5.04. The van der Waals surface area contributed by atoms with E-state index in [-0.39, 0.29) is 0 Å². The van der Waals surface area contributed by atoms with Crippen molar-refractivity contribution < 1.29 is 13.2 Å². The van der Waals surface area contributed by atoms with Crippen LogP contribution >= 0.6 is 0 Å². The summed E-state index contributed by atoms with van der Waals surface area (Å²) in [6.07, 6.45) is -2.55. The lowest BCUT2D eigenvalue weighted by molar-refractivity contribution is -0.137. The van der Waals surface area contributed by atoms with Crippen LogP contribution in [0.2, 0.25) is 0 Å². The molecule has 5 rings (SSSR count). The minimum atomic E-state index is -4.36. The molecule has 0 bridgehead atoms. The summed E-state index contributed by atoms with van der Waals surface area (Å²) < 4.78 is 39.4. The topological polar surface area (TPSA) is 12.9 Å². The van der Waals surface area contributed by atoms with Gasteiger partial charge in [-0.1, -0.05) is 53.6 Å². The van der Waals surface area contributed by atoms with Crippen molar-refractivity contribution >= 4 is 21.5 Å². The lowest BCUT2D eigenvalue weighted by atomic mass is 9.95. The normalized spacial score (nSPS) is 11.9. The molecule has 1 heterocycles. The predicted molar refractivity (Wildman–Crippen MR) is 125 cm³/mol. The van der Waals surface area contributed by atoms with E-state index < -0.39 is 11.7 Å². The van der Waals surface area contributed by atoms with Crippen LogP contribution in [0.4, 0.5) is 13.2 Å². The minimum absolute atomic E-state index is 0.549. The van der Waals surface area contributed by atoms with Crippen LogP contribution in [0.15, 0.2) is 85.1 Å². The Labute approximate surface area is 184 Å². The molecule has 0 unspecified atom stereocenters. The summed E-state index contributed by atoms with van der Waals surface area (Å²) in [7, 11) is 0. The number of alkyl halides is 3. The van der Waals surface area contributed by atoms with Crippen molar-refractivity contribution in [3.05, 3.63) is 102 Å². The number of aromatic nitrogens is 1. The molecule has 0 aliphatic heterocycles. The maximum Gasteiger partial charge on any atom is 0.416 e. The Hall–Kier alpha value is -3.66. The van der Waals surface area contributed by atoms with Crippen molar-refractivity contribution in [2.45, 2.75) is 20.0 Å². The van der Waals surface area contributed by atoms with Gasteiger partial charge in [0.25, 0.3) is 0 Å². The Morgan fingerprint density at radius 1 is 0.625 bits per heavy atom. The average Bonchev–Trinajstić information content (AvgIpc) is 2.77. The number of aryl methyl sites for hydroxylation is 2. The van der Waals surface area contributed by atoms with Crippen molar-refractivity contribution in [2.24, 2.45) is 0 Å². The van der Waals surface area contributed by atoms with E-state index in [1.807, 2.05) is 42.6 Å². The third kappa shape index (κ3) is 3.62. The van der Waals surface area contributed by atoms with Gasteiger partial charge in [-0.15, -0.1) is 0 Å². The fraction of sp³-hybridized carbons (Fsp3) is 0.107. The molecule has 1 nitrogen and oxygen atoms in total. The maximum atomic E-state index is 13.1. The Morgan fingerprint density at radius 3 is 2.09 bits per heavy atom. The molecule has 0 saturated carbocycles. The molecule has 0 aliphatic rings. The summed E-state index contributed by atoms with van der Waals surface area (Å²) >= 11 is 0. The smallest absolute Gasteiger partial charge is 0.256 e. The second-order valence-electron chi connectivity index (χ2n) is 8.21. The van der Waals surface area contributed by atoms with Crippen molar-refractivity contribution in [1.82, 2.24) is 4.98 Å². The fourth-order valence-corrected chi connectivity index (χ4v) is 4.39. The van der Waals surface area contributed by atoms with Gasteiger partial charge in [0.1, 0.15) is 0 Å². The first-order valence-electron chi connectivity index (χ1n) is 10.4. The molecule has 0 aliphatic carbocycles. The van der Waals surface area contributed by atoms with Gasteiger partial charge in [-0.25, -0.2) is 0 Å². The predicted octanol–water partition coefficient (Wildman–Crippen LogP) is 8.36. The number of pyridine rings is 1. The van der Waals surface area contributed by atoms with Crippen LogP contribution in [0.3, 0.4) is 0 Å². The highest BCUT2D eigenvalue weighted by Gasteiger charge is 2.30. The Bertz CT molecular complexity index is 1460. The van der Waals surface area contributed by atoms with Crippen LogP contribution in [-0.4, -0.2) is 4.98 Å². The number of hydrogen-bond donors (Lipinski definition) is 0. The lowest BCUT2D eigenvalue weighted by Crippen LogP contribution is -2.04. The zero-order chi connectivity index (χ0) is 22.5. The van der Waals surface area contributed by atoms with Gasteiger partial charge in [-0.2, -0.15) is 13.2 Å². The third-order valence-corrected chi connectivity index (χ3v) is 5.78. The minimum Gasteiger partial charge on any atom is -0.256 e. The molecular formula is C28H20F3N. The molecular weight excluding hydrogens is 407 g/mol. The SMILES string of the molecule is Cc1cc(C)cc(-c2nccc3c2ccc2cc(-c4cccc(C(F)(F)F)c4)ccc23)c1. The number of fused-ring (bicyclic) bond motifs is 3. The van der Waals surface area contributed by atoms with E-state index in [0.717, 1.165) is 44.4 Å². The molecule has 158 valence electrons. The van der Waals surface area contributed by atoms with Crippen molar-refractivity contribution in [2.75, 3.05) is 0 Å². The molecule has 0 radical (unpaired) electrons. The molecule has 5 aromatic rings. The molecule has 1 aromatic heterocycles. The molecule has 4 heteroatoms. The summed E-state index contributed by atoms with van der Waals surface area (Å²) in [5.74, 6) is 0. The van der Waals surface area contributed by atoms with E-state index in [4.69, 9.17) is 0 Å². The highest BCUT2D eigenvalue weighted by Crippen LogP contribution is 2.36. The highest BCUT2D eigenvalue weighted by atomic mass is 19.4. The van der Waals surface area contributed by atoms with Gasteiger partial charge in [-0.3, -0.25) is 4.98 Å². The van der Waals surface area contributed by atoms with E-state index in [9.17, 15) is 13.2 Å². The molecule has 0 saturated heterocycles. The first kappa shape index (κ1) is 20.3. The van der Waals surface area contributed by atoms with E-state index in [0.29, 0.717) is 5.56 Å². The molecule has 0 amide bonds. The summed E-state index contributed by atoms with van der Waals surface area (Å²) in [6.45, 7) is 4.15. The molecule has 0 fully saturated rings. The van der Waals surface area contributed by atoms with E-state index in [1.54, 1.807) is 6.07 Å². The second-order valence-corrected chi connectivity index (χ2v) is 8.21. The second kappa shape index (κ2) is 7.49. The fourth-order valence-electron chi connectivity index (χ4n) is 4.39. The monoisotopic (exact) mass is 427 g/mol. The van der Waals surface area contributed by atoms with E-state index in [2.05, 4.69) is 37.0 Å². The van der Waals surface area contributed by atoms with Crippen LogP contribution in [0.1, 0.15) is 16.7 Å². The zero-order valence-electron chi connectivity index (χ0n) is 17.7. The molecule has 0 spiro atoms. The van der Waals surface area contributed by atoms with Crippen LogP contribution < -0.4 is 0 Å². The largest absolute Gasteiger partial charge is 0.416 e. The number of halogens is 3. The quantitative estimate of drug-likeness (QED) is 0.258. The van der Waals surface area contributed by atoms with Gasteiger partial charge in [0.15, 0.2) is 0 Å². The van der Waals surface area contributed by atoms with Crippen LogP contribution in [0.25, 0.3) is 43.9 Å². The van der Waals surface area contributed by atoms with Gasteiger partial charge >= 0.3 is 6.18 Å². The average molecular weight is 427 g/mol. The summed E-state index contributed by atoms with van der Waals surface area (Å²) in [5, 5.41) is 4.15. The zero-order valence-corrected chi connectivity index (χ0v) is 17.7. The van der Waals surface area contributed by atoms with Crippen molar-refractivity contribution in [3.63, 3.8) is 0 Å². The summed E-state index contributed by atoms with van der Waals surface area (Å²) in [4.78, 5) is 4.66. The van der Waals surface area contributed by atoms with Gasteiger partial charge < -0.3 is 0 Å². The van der Waals surface area contributed by atoms with Crippen molar-refractivity contribution in [1.29, 1.82) is 0 Å². The van der Waals surface area contributed by atoms with Crippen molar-refractivity contribution in [3.8, 4) is 22.4 Å². The third-order valence-electron chi connectivity index (χ3n) is 5.78. The molecule has 32 heavy (non-hydrogen) atoms. The van der Waals surface area contributed by atoms with Gasteiger partial charge in [0.2, 0.25) is 0 Å². The molecule has 4 aromatic carbocycles. The lowest BCUT2D eigenvalue weighted by Gasteiger charge is -2.12. The van der Waals surface area contributed by atoms with Gasteiger partial charge in [-0.05, 0) is 77.5 Å². The van der Waals surface area contributed by atoms with E-state index >= 15 is 0 Å². The van der Waals surface area contributed by atoms with Crippen LogP contribution in [0, 0.1) is 13.8 Å². The number of nitrogens with zero attached hydrogens (tertiary/aromatic N) is 1. The van der Waals surface area contributed by atoms with E-state index in [1.165, 1.54) is 23.3 Å². The first-order valence-corrected chi connectivity index (χ1v) is 10.4. The van der Waals surface area contributed by atoms with Gasteiger partial charge in [0, 0.05) is 17.1 Å². The standard InChI is InChI=1S/C28H20F3N/c1-17-12-18(2)14-22(13-17)27-26-9-7-21-15-20(6-8-24(21)25(26)10-11-32-27)19-4-3-5-23(16-19)28(29,30)31/h3-16H,1-2H3. The van der Waals surface area contributed by atoms with Crippen LogP contribution in [-0.2, 0) is 6.18 Å². The maximum absolute atomic E-state index is 13.1. The highest BCUT2D eigenvalue weighted by molar-refractivity contribution is 6.11. The summed E-state index contributed by atoms with van der Waals surface area (Å²) in [6, 6.07) is 23.7. The number of hydrogen-bond acceptors (Lipinski definition) is 1. The van der Waals surface area contributed by atoms with Crippen LogP contribution in [0.5, 0.6) is 0 Å². The number of benzene rings is 4. The Morgan fingerprint density at radius 2 is 1.34 bits per heavy atom. The molecule has 0 N–H and O–H groups in total. The Balaban J connectivity index is 1.66. The molecule has 0 atom stereocenters. The van der Waals surface area contributed by atoms with Gasteiger partial charge in [0.05, 0.1) is 11.3 Å². The number of rotatable bonds is 2. The Kier molecular flexibility index (Phi) is 4.74. The first-order chi connectivity index (χ1) is 15.3.